The maximum atomic E-state index is 13.7. The number of para-hydroxylation sites is 1. The normalized spacial score (nSPS) is 12.8. The van der Waals surface area contributed by atoms with Crippen LogP contribution in [0.25, 0.3) is 0 Å². The molecule has 3 amide bonds. The molecule has 1 aliphatic heterocycles. The number of amides is 3. The molecule has 4 aromatic carbocycles. The van der Waals surface area contributed by atoms with Crippen LogP contribution < -0.4 is 29.7 Å². The maximum Gasteiger partial charge on any atom is 0.283 e. The average Bonchev–Trinajstić information content (AvgIpc) is 3.25. The lowest BCUT2D eigenvalue weighted by Crippen LogP contribution is -2.32. The predicted octanol–water partition coefficient (Wildman–Crippen LogP) is 5.95. The number of hydrogen-bond donors (Lipinski definition) is 2. The van der Waals surface area contributed by atoms with Gasteiger partial charge in [0.1, 0.15) is 27.9 Å². The minimum absolute atomic E-state index is 0.149. The summed E-state index contributed by atoms with van der Waals surface area (Å²) in [6.07, 6.45) is 0. The standard InChI is InChI=1S/C32H27N3O6S/c1-39-23-14-12-20(13-15-23)33-28-29(32(38)35(31(28)37)22-9-5-4-6-10-22)42-25-11-7-8-21(18-25)34-30(36)26-17-16-24(40-2)19-27(26)41-3/h4-19,33H,1-3H3,(H,34,36). The van der Waals surface area contributed by atoms with Gasteiger partial charge >= 0.3 is 0 Å². The van der Waals surface area contributed by atoms with Crippen molar-refractivity contribution in [3.8, 4) is 17.2 Å². The summed E-state index contributed by atoms with van der Waals surface area (Å²) in [6.45, 7) is 0. The van der Waals surface area contributed by atoms with Gasteiger partial charge in [-0.2, -0.15) is 0 Å². The lowest BCUT2D eigenvalue weighted by molar-refractivity contribution is -0.120. The van der Waals surface area contributed by atoms with Gasteiger partial charge in [-0.15, -0.1) is 0 Å². The zero-order valence-corrected chi connectivity index (χ0v) is 23.9. The van der Waals surface area contributed by atoms with Crippen molar-refractivity contribution in [2.75, 3.05) is 36.9 Å². The Kier molecular flexibility index (Phi) is 8.44. The van der Waals surface area contributed by atoms with Crippen molar-refractivity contribution in [1.29, 1.82) is 0 Å². The van der Waals surface area contributed by atoms with E-state index in [9.17, 15) is 14.4 Å². The largest absolute Gasteiger partial charge is 0.497 e. The van der Waals surface area contributed by atoms with Gasteiger partial charge in [0, 0.05) is 22.3 Å². The lowest BCUT2D eigenvalue weighted by atomic mass is 10.1. The SMILES string of the molecule is COc1ccc(NC2=C(Sc3cccc(NC(=O)c4ccc(OC)cc4OC)c3)C(=O)N(c3ccccc3)C2=O)cc1. The zero-order chi connectivity index (χ0) is 29.6. The molecule has 5 rings (SSSR count). The lowest BCUT2D eigenvalue weighted by Gasteiger charge is -2.15. The molecule has 0 aliphatic carbocycles. The molecule has 0 radical (unpaired) electrons. The van der Waals surface area contributed by atoms with Crippen molar-refractivity contribution in [2.45, 2.75) is 4.90 Å². The number of methoxy groups -OCH3 is 3. The molecule has 0 fully saturated rings. The van der Waals surface area contributed by atoms with Crippen LogP contribution in [-0.4, -0.2) is 39.1 Å². The molecule has 4 aromatic rings. The van der Waals surface area contributed by atoms with E-state index < -0.39 is 11.8 Å². The number of carbonyl (C=O) groups is 3. The number of hydrogen-bond acceptors (Lipinski definition) is 8. The van der Waals surface area contributed by atoms with E-state index in [1.165, 1.54) is 14.2 Å². The summed E-state index contributed by atoms with van der Waals surface area (Å²) < 4.78 is 15.8. The van der Waals surface area contributed by atoms with Gasteiger partial charge in [0.25, 0.3) is 17.7 Å². The van der Waals surface area contributed by atoms with Crippen molar-refractivity contribution >= 4 is 46.5 Å². The van der Waals surface area contributed by atoms with Crippen molar-refractivity contribution < 1.29 is 28.6 Å². The molecular weight excluding hydrogens is 554 g/mol. The Balaban J connectivity index is 1.43. The highest BCUT2D eigenvalue weighted by atomic mass is 32.2. The summed E-state index contributed by atoms with van der Waals surface area (Å²) >= 11 is 1.13. The van der Waals surface area contributed by atoms with Gasteiger partial charge in [-0.25, -0.2) is 4.90 Å². The third-order valence-corrected chi connectivity index (χ3v) is 7.45. The summed E-state index contributed by atoms with van der Waals surface area (Å²) in [5.41, 5.74) is 2.07. The monoisotopic (exact) mass is 581 g/mol. The van der Waals surface area contributed by atoms with E-state index in [1.54, 1.807) is 98.1 Å². The quantitative estimate of drug-likeness (QED) is 0.221. The molecule has 0 aromatic heterocycles. The Bertz CT molecular complexity index is 1670. The Morgan fingerprint density at radius 1 is 0.714 bits per heavy atom. The topological polar surface area (TPSA) is 106 Å². The van der Waals surface area contributed by atoms with E-state index in [2.05, 4.69) is 10.6 Å². The van der Waals surface area contributed by atoms with Gasteiger partial charge in [-0.3, -0.25) is 14.4 Å². The van der Waals surface area contributed by atoms with Crippen LogP contribution in [0.1, 0.15) is 10.4 Å². The number of thioether (sulfide) groups is 1. The predicted molar refractivity (Wildman–Crippen MR) is 162 cm³/mol. The minimum atomic E-state index is -0.472. The molecule has 1 aliphatic rings. The second-order valence-electron chi connectivity index (χ2n) is 8.99. The van der Waals surface area contributed by atoms with Crippen LogP contribution >= 0.6 is 11.8 Å². The van der Waals surface area contributed by atoms with Gasteiger partial charge in [0.05, 0.1) is 32.6 Å². The number of rotatable bonds is 10. The van der Waals surface area contributed by atoms with Gasteiger partial charge in [-0.1, -0.05) is 36.0 Å². The zero-order valence-electron chi connectivity index (χ0n) is 23.0. The molecule has 10 heteroatoms. The van der Waals surface area contributed by atoms with Crippen LogP contribution in [0, 0.1) is 0 Å². The van der Waals surface area contributed by atoms with Crippen molar-refractivity contribution in [1.82, 2.24) is 0 Å². The molecule has 0 saturated carbocycles. The first kappa shape index (κ1) is 28.3. The van der Waals surface area contributed by atoms with E-state index in [0.29, 0.717) is 44.8 Å². The fourth-order valence-corrected chi connectivity index (χ4v) is 5.27. The highest BCUT2D eigenvalue weighted by Crippen LogP contribution is 2.38. The smallest absolute Gasteiger partial charge is 0.283 e. The van der Waals surface area contributed by atoms with Gasteiger partial charge in [-0.05, 0) is 66.7 Å². The molecule has 9 nitrogen and oxygen atoms in total. The molecule has 0 bridgehead atoms. The average molecular weight is 582 g/mol. The number of imide groups is 1. The molecule has 1 heterocycles. The summed E-state index contributed by atoms with van der Waals surface area (Å²) in [4.78, 5) is 42.3. The number of benzene rings is 4. The molecule has 0 saturated heterocycles. The van der Waals surface area contributed by atoms with Gasteiger partial charge in [0.15, 0.2) is 0 Å². The minimum Gasteiger partial charge on any atom is -0.497 e. The van der Waals surface area contributed by atoms with E-state index in [0.717, 1.165) is 16.7 Å². The summed E-state index contributed by atoms with van der Waals surface area (Å²) in [5, 5.41) is 6.00. The van der Waals surface area contributed by atoms with Crippen LogP contribution in [0.3, 0.4) is 0 Å². The van der Waals surface area contributed by atoms with Crippen LogP contribution in [0.4, 0.5) is 17.1 Å². The summed E-state index contributed by atoms with van der Waals surface area (Å²) in [5.74, 6) is 0.294. The highest BCUT2D eigenvalue weighted by Gasteiger charge is 2.40. The highest BCUT2D eigenvalue weighted by molar-refractivity contribution is 8.04. The Labute approximate surface area is 247 Å². The maximum absolute atomic E-state index is 13.7. The number of ether oxygens (including phenoxy) is 3. The summed E-state index contributed by atoms with van der Waals surface area (Å²) in [7, 11) is 4.58. The third kappa shape index (κ3) is 5.93. The molecule has 2 N–H and O–H groups in total. The molecular formula is C32H27N3O6S. The molecule has 0 unspecified atom stereocenters. The van der Waals surface area contributed by atoms with Crippen LogP contribution in [0.2, 0.25) is 0 Å². The van der Waals surface area contributed by atoms with E-state index >= 15 is 0 Å². The Morgan fingerprint density at radius 3 is 2.12 bits per heavy atom. The first-order chi connectivity index (χ1) is 20.4. The molecule has 0 spiro atoms. The van der Waals surface area contributed by atoms with Crippen LogP contribution in [0.15, 0.2) is 113 Å². The Morgan fingerprint density at radius 2 is 1.43 bits per heavy atom. The van der Waals surface area contributed by atoms with Crippen molar-refractivity contribution in [3.05, 3.63) is 113 Å². The van der Waals surface area contributed by atoms with E-state index in [1.807, 2.05) is 6.07 Å². The molecule has 212 valence electrons. The number of anilines is 3. The second-order valence-corrected chi connectivity index (χ2v) is 10.1. The first-order valence-corrected chi connectivity index (χ1v) is 13.6. The third-order valence-electron chi connectivity index (χ3n) is 6.38. The van der Waals surface area contributed by atoms with Crippen molar-refractivity contribution in [2.24, 2.45) is 0 Å². The molecule has 42 heavy (non-hydrogen) atoms. The first-order valence-electron chi connectivity index (χ1n) is 12.8. The summed E-state index contributed by atoms with van der Waals surface area (Å²) in [6, 6.07) is 27.8. The van der Waals surface area contributed by atoms with Crippen LogP contribution in [0.5, 0.6) is 17.2 Å². The molecule has 0 atom stereocenters. The van der Waals surface area contributed by atoms with Crippen LogP contribution in [-0.2, 0) is 9.59 Å². The van der Waals surface area contributed by atoms with Gasteiger partial charge < -0.3 is 24.8 Å². The van der Waals surface area contributed by atoms with E-state index in [4.69, 9.17) is 14.2 Å². The fourth-order valence-electron chi connectivity index (χ4n) is 4.28. The Hall–Kier alpha value is -5.22. The number of carbonyl (C=O) groups excluding carboxylic acids is 3. The van der Waals surface area contributed by atoms with Gasteiger partial charge in [0.2, 0.25) is 0 Å². The van der Waals surface area contributed by atoms with E-state index in [-0.39, 0.29) is 16.5 Å². The second kappa shape index (κ2) is 12.5. The number of nitrogens with one attached hydrogen (secondary N) is 2. The van der Waals surface area contributed by atoms with Crippen molar-refractivity contribution in [3.63, 3.8) is 0 Å². The fraction of sp³-hybridized carbons (Fsp3) is 0.0938. The number of nitrogens with zero attached hydrogens (tertiary/aromatic N) is 1.